The van der Waals surface area contributed by atoms with Gasteiger partial charge in [0.15, 0.2) is 0 Å². The second kappa shape index (κ2) is 61.7. The molecular formula is C73H129N2O7P. The number of allylic oxidation sites excluding steroid dienone is 17. The van der Waals surface area contributed by atoms with Crippen molar-refractivity contribution in [3.63, 3.8) is 0 Å². The Kier molecular flexibility index (Phi) is 59.3. The van der Waals surface area contributed by atoms with Crippen LogP contribution in [-0.2, 0) is 27.9 Å². The fourth-order valence-corrected chi connectivity index (χ4v) is 10.2. The largest absolute Gasteiger partial charge is 0.756 e. The molecule has 0 spiro atoms. The first kappa shape index (κ1) is 79.7. The third-order valence-corrected chi connectivity index (χ3v) is 15.7. The van der Waals surface area contributed by atoms with Crippen LogP contribution >= 0.6 is 7.82 Å². The fraction of sp³-hybridized carbons (Fsp3) is 0.726. The van der Waals surface area contributed by atoms with E-state index in [1.807, 2.05) is 45.4 Å². The molecule has 0 rings (SSSR count). The summed E-state index contributed by atoms with van der Waals surface area (Å²) in [6, 6.07) is -0.935. The Labute approximate surface area is 512 Å². The summed E-state index contributed by atoms with van der Waals surface area (Å²) in [6.07, 6.45) is 85.1. The number of hydrogen-bond donors (Lipinski definition) is 1. The summed E-state index contributed by atoms with van der Waals surface area (Å²) in [5.74, 6) is -0.637. The van der Waals surface area contributed by atoms with E-state index in [9.17, 15) is 19.0 Å². The van der Waals surface area contributed by atoms with Crippen LogP contribution in [0.1, 0.15) is 290 Å². The van der Waals surface area contributed by atoms with Gasteiger partial charge in [0, 0.05) is 12.8 Å². The van der Waals surface area contributed by atoms with Gasteiger partial charge in [-0.15, -0.1) is 0 Å². The summed E-state index contributed by atoms with van der Waals surface area (Å²) in [4.78, 5) is 40.1. The Balaban J connectivity index is 5.22. The number of carbonyl (C=O) groups is 2. The number of hydrogen-bond acceptors (Lipinski definition) is 7. The number of carbonyl (C=O) groups excluding carboxylic acids is 2. The van der Waals surface area contributed by atoms with Gasteiger partial charge < -0.3 is 28.5 Å². The van der Waals surface area contributed by atoms with Gasteiger partial charge in [-0.25, -0.2) is 0 Å². The van der Waals surface area contributed by atoms with Gasteiger partial charge >= 0.3 is 5.97 Å². The number of ether oxygens (including phenoxy) is 1. The topological polar surface area (TPSA) is 114 Å². The molecule has 0 bridgehead atoms. The minimum atomic E-state index is -4.73. The molecule has 1 N–H and O–H groups in total. The predicted octanol–water partition coefficient (Wildman–Crippen LogP) is 21.0. The third-order valence-electron chi connectivity index (χ3n) is 14.7. The van der Waals surface area contributed by atoms with Crippen molar-refractivity contribution in [1.29, 1.82) is 0 Å². The molecule has 0 aliphatic rings. The quantitative estimate of drug-likeness (QED) is 0.0212. The second-order valence-corrected chi connectivity index (χ2v) is 25.4. The fourth-order valence-electron chi connectivity index (χ4n) is 9.46. The van der Waals surface area contributed by atoms with Crippen LogP contribution in [0, 0.1) is 0 Å². The normalized spacial score (nSPS) is 14.3. The molecule has 3 atom stereocenters. The number of esters is 1. The summed E-state index contributed by atoms with van der Waals surface area (Å²) >= 11 is 0. The number of likely N-dealkylation sites (N-methyl/N-ethyl adjacent to an activating group) is 1. The van der Waals surface area contributed by atoms with Crippen LogP contribution in [0.25, 0.3) is 0 Å². The lowest BCUT2D eigenvalue weighted by Gasteiger charge is -2.30. The highest BCUT2D eigenvalue weighted by Crippen LogP contribution is 2.38. The van der Waals surface area contributed by atoms with Crippen LogP contribution < -0.4 is 10.2 Å². The van der Waals surface area contributed by atoms with Crippen molar-refractivity contribution < 1.29 is 37.3 Å². The molecule has 0 saturated carbocycles. The number of nitrogens with zero attached hydrogens (tertiary/aromatic N) is 1. The van der Waals surface area contributed by atoms with Crippen LogP contribution in [0.3, 0.4) is 0 Å². The highest BCUT2D eigenvalue weighted by Gasteiger charge is 2.27. The van der Waals surface area contributed by atoms with E-state index in [0.29, 0.717) is 17.4 Å². The highest BCUT2D eigenvalue weighted by atomic mass is 31.2. The standard InChI is InChI=1S/C73H129N2O7P/c1-7-10-13-16-19-22-25-28-30-32-34-35-36-37-38-39-41-43-45-48-51-54-57-60-63-66-73(77)82-71(64-61-58-55-52-49-46-27-24-21-18-15-12-9-3)70(69-81-83(78,79)80-68-67-75(4,5)6)74-72(76)65-62-59-56-53-50-47-44-42-40-33-31-29-26-23-20-17-14-11-8-2/h11,14,19-20,22-23,28-31,40,42,47,50,56,59,61,64,70-71H,7-10,12-13,15-18,21,24-27,32-39,41,43-46,48-49,51-55,57-58,60,62-63,65-69H2,1-6H3,(H-,74,76,78,79)/b14-11-,22-19-,23-20-,30-28-,31-29-,42-40-,50-47-,59-56-,64-61-. The Morgan fingerprint density at radius 3 is 1.20 bits per heavy atom. The average molecular weight is 1180 g/mol. The minimum absolute atomic E-state index is 0.0400. The van der Waals surface area contributed by atoms with E-state index in [2.05, 4.69) is 111 Å². The zero-order valence-corrected chi connectivity index (χ0v) is 55.5. The van der Waals surface area contributed by atoms with Crippen molar-refractivity contribution in [2.24, 2.45) is 0 Å². The van der Waals surface area contributed by atoms with E-state index in [0.717, 1.165) is 83.5 Å². The number of quaternary nitrogens is 1. The van der Waals surface area contributed by atoms with Crippen molar-refractivity contribution in [3.8, 4) is 0 Å². The number of phosphoric acid groups is 1. The van der Waals surface area contributed by atoms with E-state index in [1.54, 1.807) is 0 Å². The first-order chi connectivity index (χ1) is 40.4. The minimum Gasteiger partial charge on any atom is -0.756 e. The van der Waals surface area contributed by atoms with Crippen LogP contribution in [0.15, 0.2) is 109 Å². The van der Waals surface area contributed by atoms with Crippen LogP contribution in [0.4, 0.5) is 0 Å². The SMILES string of the molecule is CC/C=C\C/C=C\C/C=C\C/C=C\C/C=C\C/C=C\CCC(=O)NC(COP(=O)([O-])OCC[N+](C)(C)C)C(/C=C\CCCCCCCCCCCCC)OC(=O)CCCCCCCCCCCCCCCCC/C=C\C/C=C\CCCCC. The summed E-state index contributed by atoms with van der Waals surface area (Å²) in [6.45, 7) is 6.66. The highest BCUT2D eigenvalue weighted by molar-refractivity contribution is 7.45. The number of unbranched alkanes of at least 4 members (excludes halogenated alkanes) is 29. The van der Waals surface area contributed by atoms with Crippen molar-refractivity contribution in [2.75, 3.05) is 40.9 Å². The number of nitrogens with one attached hydrogen (secondary N) is 1. The summed E-state index contributed by atoms with van der Waals surface area (Å²) in [5.41, 5.74) is 0. The van der Waals surface area contributed by atoms with Crippen LogP contribution in [0.5, 0.6) is 0 Å². The van der Waals surface area contributed by atoms with Crippen molar-refractivity contribution in [3.05, 3.63) is 109 Å². The molecule has 9 nitrogen and oxygen atoms in total. The molecule has 0 aromatic rings. The molecule has 0 saturated heterocycles. The lowest BCUT2D eigenvalue weighted by atomic mass is 10.0. The molecule has 0 aromatic heterocycles. The molecule has 0 aliphatic carbocycles. The molecule has 0 radical (unpaired) electrons. The first-order valence-corrected chi connectivity index (χ1v) is 35.7. The van der Waals surface area contributed by atoms with Gasteiger partial charge in [-0.3, -0.25) is 14.2 Å². The molecule has 0 fully saturated rings. The van der Waals surface area contributed by atoms with Gasteiger partial charge in [-0.1, -0.05) is 285 Å². The predicted molar refractivity (Wildman–Crippen MR) is 357 cm³/mol. The Hall–Kier alpha value is -3.33. The maximum absolute atomic E-state index is 13.5. The van der Waals surface area contributed by atoms with Gasteiger partial charge in [0.2, 0.25) is 5.91 Å². The summed E-state index contributed by atoms with van der Waals surface area (Å²) < 4.78 is 30.4. The summed E-state index contributed by atoms with van der Waals surface area (Å²) in [5, 5.41) is 2.99. The zero-order chi connectivity index (χ0) is 60.7. The van der Waals surface area contributed by atoms with Crippen molar-refractivity contribution >= 4 is 19.7 Å². The molecule has 0 heterocycles. The van der Waals surface area contributed by atoms with Gasteiger partial charge in [0.1, 0.15) is 19.3 Å². The van der Waals surface area contributed by atoms with Crippen molar-refractivity contribution in [1.82, 2.24) is 5.32 Å². The maximum atomic E-state index is 13.5. The van der Waals surface area contributed by atoms with Gasteiger partial charge in [-0.2, -0.15) is 0 Å². The Morgan fingerprint density at radius 2 is 0.783 bits per heavy atom. The average Bonchev–Trinajstić information content (AvgIpc) is 3.47. The molecule has 0 aliphatic heterocycles. The van der Waals surface area contributed by atoms with E-state index in [-0.39, 0.29) is 31.3 Å². The van der Waals surface area contributed by atoms with Gasteiger partial charge in [-0.05, 0) is 102 Å². The molecular weight excluding hydrogens is 1050 g/mol. The maximum Gasteiger partial charge on any atom is 0.306 e. The smallest absolute Gasteiger partial charge is 0.306 e. The van der Waals surface area contributed by atoms with E-state index in [4.69, 9.17) is 13.8 Å². The molecule has 478 valence electrons. The van der Waals surface area contributed by atoms with Crippen LogP contribution in [-0.4, -0.2) is 69.4 Å². The Morgan fingerprint density at radius 1 is 0.434 bits per heavy atom. The first-order valence-electron chi connectivity index (χ1n) is 34.2. The molecule has 0 aromatic carbocycles. The van der Waals surface area contributed by atoms with Crippen LogP contribution in [0.2, 0.25) is 0 Å². The zero-order valence-electron chi connectivity index (χ0n) is 54.6. The number of rotatable bonds is 61. The van der Waals surface area contributed by atoms with Crippen molar-refractivity contribution in [2.45, 2.75) is 303 Å². The molecule has 1 amide bonds. The lowest BCUT2D eigenvalue weighted by molar-refractivity contribution is -0.870. The van der Waals surface area contributed by atoms with E-state index in [1.165, 1.54) is 167 Å². The third kappa shape index (κ3) is 63.0. The van der Waals surface area contributed by atoms with E-state index >= 15 is 0 Å². The Bertz CT molecular complexity index is 1790. The molecule has 83 heavy (non-hydrogen) atoms. The second-order valence-electron chi connectivity index (χ2n) is 23.9. The summed E-state index contributed by atoms with van der Waals surface area (Å²) in [7, 11) is 1.13. The van der Waals surface area contributed by atoms with Gasteiger partial charge in [0.05, 0.1) is 33.8 Å². The lowest BCUT2D eigenvalue weighted by Crippen LogP contribution is -2.47. The molecule has 3 unspecified atom stereocenters. The van der Waals surface area contributed by atoms with E-state index < -0.39 is 26.6 Å². The van der Waals surface area contributed by atoms with Gasteiger partial charge in [0.25, 0.3) is 7.82 Å². The monoisotopic (exact) mass is 1180 g/mol. The number of phosphoric ester groups is 1. The molecule has 10 heteroatoms. The number of amides is 1.